The van der Waals surface area contributed by atoms with E-state index in [9.17, 15) is 9.59 Å². The first-order chi connectivity index (χ1) is 8.76. The fraction of sp³-hybridized carbons (Fsp3) is 0.692. The Bertz CT molecular complexity index is 310. The molecule has 0 radical (unpaired) electrons. The molecule has 1 atom stereocenters. The zero-order valence-corrected chi connectivity index (χ0v) is 11.9. The second-order valence-electron chi connectivity index (χ2n) is 5.10. The van der Waals surface area contributed by atoms with Crippen molar-refractivity contribution in [3.63, 3.8) is 0 Å². The maximum absolute atomic E-state index is 11.6. The van der Waals surface area contributed by atoms with Crippen molar-refractivity contribution in [3.8, 4) is 0 Å². The summed E-state index contributed by atoms with van der Waals surface area (Å²) in [5, 5.41) is 2.54. The zero-order chi connectivity index (χ0) is 14.9. The minimum atomic E-state index is -0.676. The molecule has 1 amide bonds. The van der Waals surface area contributed by atoms with Crippen molar-refractivity contribution >= 4 is 12.1 Å². The van der Waals surface area contributed by atoms with Gasteiger partial charge in [0, 0.05) is 6.54 Å². The van der Waals surface area contributed by atoms with Gasteiger partial charge in [-0.1, -0.05) is 12.7 Å². The Labute approximate surface area is 114 Å². The van der Waals surface area contributed by atoms with Gasteiger partial charge < -0.3 is 20.5 Å². The van der Waals surface area contributed by atoms with E-state index in [-0.39, 0.29) is 6.61 Å². The van der Waals surface area contributed by atoms with Crippen LogP contribution >= 0.6 is 0 Å². The second kappa shape index (κ2) is 8.53. The average molecular weight is 272 g/mol. The molecule has 0 aliphatic rings. The van der Waals surface area contributed by atoms with Crippen LogP contribution in [0.4, 0.5) is 4.79 Å². The lowest BCUT2D eigenvalue weighted by molar-refractivity contribution is -0.156. The minimum Gasteiger partial charge on any atom is -0.459 e. The molecule has 0 rings (SSSR count). The van der Waals surface area contributed by atoms with Gasteiger partial charge in [0.2, 0.25) is 0 Å². The summed E-state index contributed by atoms with van der Waals surface area (Å²) in [5.74, 6) is -0.429. The zero-order valence-electron chi connectivity index (χ0n) is 11.9. The van der Waals surface area contributed by atoms with E-state index in [1.807, 2.05) is 0 Å². The SMILES string of the molecule is C=CCOC(=O)NCCC[C@H](N)C(=O)OC(C)(C)C. The van der Waals surface area contributed by atoms with Gasteiger partial charge in [0.15, 0.2) is 0 Å². The van der Waals surface area contributed by atoms with E-state index >= 15 is 0 Å². The Morgan fingerprint density at radius 3 is 2.58 bits per heavy atom. The van der Waals surface area contributed by atoms with Gasteiger partial charge in [-0.3, -0.25) is 4.79 Å². The first-order valence-electron chi connectivity index (χ1n) is 6.26. The van der Waals surface area contributed by atoms with Crippen molar-refractivity contribution in [2.75, 3.05) is 13.2 Å². The Morgan fingerprint density at radius 2 is 2.05 bits per heavy atom. The standard InChI is InChI=1S/C13H24N2O4/c1-5-9-18-12(17)15-8-6-7-10(14)11(16)19-13(2,3)4/h5,10H,1,6-9,14H2,2-4H3,(H,15,17)/t10-/m0/s1. The molecule has 0 bridgehead atoms. The molecular formula is C13H24N2O4. The highest BCUT2D eigenvalue weighted by atomic mass is 16.6. The van der Waals surface area contributed by atoms with Crippen LogP contribution in [-0.4, -0.2) is 36.9 Å². The summed E-state index contributed by atoms with van der Waals surface area (Å²) in [6.45, 7) is 9.35. The fourth-order valence-corrected chi connectivity index (χ4v) is 1.19. The molecule has 19 heavy (non-hydrogen) atoms. The van der Waals surface area contributed by atoms with Gasteiger partial charge in [0.25, 0.3) is 0 Å². The lowest BCUT2D eigenvalue weighted by Crippen LogP contribution is -2.38. The normalized spacial score (nSPS) is 12.4. The van der Waals surface area contributed by atoms with Gasteiger partial charge >= 0.3 is 12.1 Å². The molecule has 0 aromatic rings. The number of carbonyl (C=O) groups excluding carboxylic acids is 2. The first-order valence-corrected chi connectivity index (χ1v) is 6.26. The quantitative estimate of drug-likeness (QED) is 0.415. The highest BCUT2D eigenvalue weighted by molar-refractivity contribution is 5.75. The maximum Gasteiger partial charge on any atom is 0.407 e. The van der Waals surface area contributed by atoms with E-state index in [1.54, 1.807) is 20.8 Å². The highest BCUT2D eigenvalue weighted by Crippen LogP contribution is 2.09. The fourth-order valence-electron chi connectivity index (χ4n) is 1.19. The molecule has 0 spiro atoms. The lowest BCUT2D eigenvalue weighted by Gasteiger charge is -2.22. The van der Waals surface area contributed by atoms with Crippen LogP contribution < -0.4 is 11.1 Å². The van der Waals surface area contributed by atoms with Crippen molar-refractivity contribution in [2.45, 2.75) is 45.3 Å². The second-order valence-corrected chi connectivity index (χ2v) is 5.10. The summed E-state index contributed by atoms with van der Waals surface area (Å²) in [4.78, 5) is 22.6. The predicted octanol–water partition coefficient (Wildman–Crippen LogP) is 1.35. The van der Waals surface area contributed by atoms with Gasteiger partial charge in [0.05, 0.1) is 0 Å². The highest BCUT2D eigenvalue weighted by Gasteiger charge is 2.21. The van der Waals surface area contributed by atoms with Crippen LogP contribution in [0.5, 0.6) is 0 Å². The molecule has 110 valence electrons. The van der Waals surface area contributed by atoms with E-state index in [1.165, 1.54) is 6.08 Å². The van der Waals surface area contributed by atoms with E-state index in [4.69, 9.17) is 15.2 Å². The topological polar surface area (TPSA) is 90.6 Å². The van der Waals surface area contributed by atoms with E-state index in [0.29, 0.717) is 19.4 Å². The minimum absolute atomic E-state index is 0.170. The van der Waals surface area contributed by atoms with Crippen LogP contribution in [0.2, 0.25) is 0 Å². The van der Waals surface area contributed by atoms with Crippen molar-refractivity contribution in [1.82, 2.24) is 5.32 Å². The van der Waals surface area contributed by atoms with Crippen LogP contribution in [0.1, 0.15) is 33.6 Å². The molecule has 0 aliphatic heterocycles. The molecule has 6 heteroatoms. The number of carbonyl (C=O) groups is 2. The molecule has 3 N–H and O–H groups in total. The largest absolute Gasteiger partial charge is 0.459 e. The number of alkyl carbamates (subject to hydrolysis) is 1. The van der Waals surface area contributed by atoms with Gasteiger partial charge in [-0.25, -0.2) is 4.79 Å². The Morgan fingerprint density at radius 1 is 1.42 bits per heavy atom. The van der Waals surface area contributed by atoms with Crippen LogP contribution in [0.3, 0.4) is 0 Å². The maximum atomic E-state index is 11.6. The Balaban J connectivity index is 3.74. The van der Waals surface area contributed by atoms with Gasteiger partial charge in [-0.2, -0.15) is 0 Å². The van der Waals surface area contributed by atoms with Crippen molar-refractivity contribution < 1.29 is 19.1 Å². The summed E-state index contributed by atoms with van der Waals surface area (Å²) >= 11 is 0. The summed E-state index contributed by atoms with van der Waals surface area (Å²) in [6.07, 6.45) is 1.99. The monoisotopic (exact) mass is 272 g/mol. The van der Waals surface area contributed by atoms with E-state index in [0.717, 1.165) is 0 Å². The molecule has 0 unspecified atom stereocenters. The third kappa shape index (κ3) is 10.1. The molecule has 6 nitrogen and oxygen atoms in total. The number of hydrogen-bond donors (Lipinski definition) is 2. The van der Waals surface area contributed by atoms with Crippen LogP contribution in [0.15, 0.2) is 12.7 Å². The summed E-state index contributed by atoms with van der Waals surface area (Å²) in [5.41, 5.74) is 5.15. The molecular weight excluding hydrogens is 248 g/mol. The molecule has 0 saturated carbocycles. The average Bonchev–Trinajstić information content (AvgIpc) is 2.29. The third-order valence-electron chi connectivity index (χ3n) is 2.00. The molecule has 0 fully saturated rings. The molecule has 0 aromatic heterocycles. The number of amides is 1. The van der Waals surface area contributed by atoms with Crippen LogP contribution in [0, 0.1) is 0 Å². The first kappa shape index (κ1) is 17.4. The molecule has 0 heterocycles. The molecule has 0 aromatic carbocycles. The van der Waals surface area contributed by atoms with E-state index < -0.39 is 23.7 Å². The summed E-state index contributed by atoms with van der Waals surface area (Å²) < 4.78 is 9.86. The third-order valence-corrected chi connectivity index (χ3v) is 2.00. The Hall–Kier alpha value is -1.56. The summed E-state index contributed by atoms with van der Waals surface area (Å²) in [6, 6.07) is -0.676. The van der Waals surface area contributed by atoms with Gasteiger partial charge in [-0.15, -0.1) is 0 Å². The van der Waals surface area contributed by atoms with Crippen LogP contribution in [0.25, 0.3) is 0 Å². The lowest BCUT2D eigenvalue weighted by atomic mass is 10.1. The summed E-state index contributed by atoms with van der Waals surface area (Å²) in [7, 11) is 0. The number of hydrogen-bond acceptors (Lipinski definition) is 5. The van der Waals surface area contributed by atoms with Crippen molar-refractivity contribution in [3.05, 3.63) is 12.7 Å². The smallest absolute Gasteiger partial charge is 0.407 e. The Kier molecular flexibility index (Phi) is 7.83. The number of ether oxygens (including phenoxy) is 2. The number of esters is 1. The van der Waals surface area contributed by atoms with Crippen LogP contribution in [-0.2, 0) is 14.3 Å². The van der Waals surface area contributed by atoms with Gasteiger partial charge in [-0.05, 0) is 33.6 Å². The van der Waals surface area contributed by atoms with Gasteiger partial charge in [0.1, 0.15) is 18.2 Å². The predicted molar refractivity (Wildman–Crippen MR) is 72.6 cm³/mol. The van der Waals surface area contributed by atoms with Crippen molar-refractivity contribution in [2.24, 2.45) is 5.73 Å². The molecule has 0 aliphatic carbocycles. The number of nitrogens with two attached hydrogens (primary N) is 1. The number of rotatable bonds is 7. The number of nitrogens with one attached hydrogen (secondary N) is 1. The van der Waals surface area contributed by atoms with Crippen molar-refractivity contribution in [1.29, 1.82) is 0 Å². The molecule has 0 saturated heterocycles. The van der Waals surface area contributed by atoms with E-state index in [2.05, 4.69) is 11.9 Å².